The summed E-state index contributed by atoms with van der Waals surface area (Å²) in [5.74, 6) is -0.583. The van der Waals surface area contributed by atoms with E-state index in [1.807, 2.05) is 12.1 Å². The second kappa shape index (κ2) is 5.39. The average Bonchev–Trinajstić information content (AvgIpc) is 2.89. The molecule has 0 aliphatic heterocycles. The van der Waals surface area contributed by atoms with E-state index in [0.717, 1.165) is 19.3 Å². The molecule has 21 heavy (non-hydrogen) atoms. The summed E-state index contributed by atoms with van der Waals surface area (Å²) in [6, 6.07) is 7.83. The van der Waals surface area contributed by atoms with Gasteiger partial charge in [-0.3, -0.25) is 0 Å². The van der Waals surface area contributed by atoms with Crippen LogP contribution in [0.4, 0.5) is 4.79 Å². The Kier molecular flexibility index (Phi) is 3.57. The lowest BCUT2D eigenvalue weighted by atomic mass is 9.78. The molecule has 5 heteroatoms. The van der Waals surface area contributed by atoms with Crippen molar-refractivity contribution in [2.24, 2.45) is 0 Å². The maximum atomic E-state index is 12.0. The highest BCUT2D eigenvalue weighted by molar-refractivity contribution is 5.86. The molecule has 0 spiro atoms. The van der Waals surface area contributed by atoms with Crippen molar-refractivity contribution < 1.29 is 14.7 Å². The normalized spacial score (nSPS) is 22.0. The first kappa shape index (κ1) is 13.9. The second-order valence-corrected chi connectivity index (χ2v) is 6.03. The van der Waals surface area contributed by atoms with E-state index >= 15 is 0 Å². The minimum atomic E-state index is -1.07. The van der Waals surface area contributed by atoms with Gasteiger partial charge in [0, 0.05) is 12.5 Å². The van der Waals surface area contributed by atoms with Crippen LogP contribution in [-0.4, -0.2) is 29.2 Å². The number of aliphatic carboxylic acids is 1. The Morgan fingerprint density at radius 2 is 1.95 bits per heavy atom. The summed E-state index contributed by atoms with van der Waals surface area (Å²) >= 11 is 0. The van der Waals surface area contributed by atoms with Gasteiger partial charge < -0.3 is 15.7 Å². The smallest absolute Gasteiger partial charge is 0.329 e. The lowest BCUT2D eigenvalue weighted by molar-refractivity contribution is -0.144. The van der Waals surface area contributed by atoms with Gasteiger partial charge in [-0.25, -0.2) is 9.59 Å². The number of urea groups is 1. The largest absolute Gasteiger partial charge is 0.480 e. The summed E-state index contributed by atoms with van der Waals surface area (Å²) in [7, 11) is 0. The molecule has 1 saturated carbocycles. The summed E-state index contributed by atoms with van der Waals surface area (Å²) in [5, 5.41) is 14.8. The Morgan fingerprint density at radius 3 is 2.62 bits per heavy atom. The van der Waals surface area contributed by atoms with Crippen molar-refractivity contribution in [1.29, 1.82) is 0 Å². The van der Waals surface area contributed by atoms with Crippen LogP contribution in [0.3, 0.4) is 0 Å². The van der Waals surface area contributed by atoms with Crippen LogP contribution in [0.25, 0.3) is 0 Å². The third kappa shape index (κ3) is 2.60. The van der Waals surface area contributed by atoms with E-state index in [9.17, 15) is 14.7 Å². The van der Waals surface area contributed by atoms with Crippen LogP contribution in [0.2, 0.25) is 0 Å². The maximum Gasteiger partial charge on any atom is 0.329 e. The van der Waals surface area contributed by atoms with E-state index in [-0.39, 0.29) is 6.03 Å². The second-order valence-electron chi connectivity index (χ2n) is 6.03. The first-order valence-corrected chi connectivity index (χ1v) is 7.48. The number of hydrogen-bond donors (Lipinski definition) is 3. The van der Waals surface area contributed by atoms with Gasteiger partial charge in [0.05, 0.1) is 0 Å². The molecule has 5 nitrogen and oxygen atoms in total. The first-order chi connectivity index (χ1) is 10.1. The quantitative estimate of drug-likeness (QED) is 0.793. The predicted molar refractivity (Wildman–Crippen MR) is 78.3 cm³/mol. The molecule has 3 N–H and O–H groups in total. The van der Waals surface area contributed by atoms with E-state index in [1.54, 1.807) is 0 Å². The summed E-state index contributed by atoms with van der Waals surface area (Å²) in [4.78, 5) is 23.4. The Morgan fingerprint density at radius 1 is 1.24 bits per heavy atom. The molecule has 1 atom stereocenters. The van der Waals surface area contributed by atoms with Gasteiger partial charge in [-0.2, -0.15) is 0 Å². The van der Waals surface area contributed by atoms with Crippen LogP contribution in [0, 0.1) is 0 Å². The van der Waals surface area contributed by atoms with E-state index in [2.05, 4.69) is 22.8 Å². The van der Waals surface area contributed by atoms with Crippen LogP contribution >= 0.6 is 0 Å². The Bertz CT molecular complexity index is 564. The maximum absolute atomic E-state index is 12.0. The minimum absolute atomic E-state index is 0.344. The Balaban J connectivity index is 1.53. The molecule has 3 rings (SSSR count). The lowest BCUT2D eigenvalue weighted by Crippen LogP contribution is -2.56. The van der Waals surface area contributed by atoms with Crippen molar-refractivity contribution in [3.8, 4) is 0 Å². The minimum Gasteiger partial charge on any atom is -0.480 e. The SMILES string of the molecule is O=C(NCC1Cc2ccccc21)NC1(C(=O)O)CCCC1. The fourth-order valence-electron chi connectivity index (χ4n) is 3.39. The molecule has 0 aromatic heterocycles. The molecule has 112 valence electrons. The molecule has 0 radical (unpaired) electrons. The van der Waals surface area contributed by atoms with Gasteiger partial charge in [-0.05, 0) is 30.4 Å². The zero-order valence-electron chi connectivity index (χ0n) is 11.9. The highest BCUT2D eigenvalue weighted by atomic mass is 16.4. The van der Waals surface area contributed by atoms with Gasteiger partial charge in [0.2, 0.25) is 0 Å². The molecule has 1 aromatic carbocycles. The number of carbonyl (C=O) groups excluding carboxylic acids is 1. The molecule has 0 heterocycles. The number of amides is 2. The molecular weight excluding hydrogens is 268 g/mol. The molecule has 2 aliphatic carbocycles. The number of rotatable bonds is 4. The van der Waals surface area contributed by atoms with Crippen molar-refractivity contribution in [2.75, 3.05) is 6.54 Å². The highest BCUT2D eigenvalue weighted by Crippen LogP contribution is 2.34. The van der Waals surface area contributed by atoms with Gasteiger partial charge in [0.15, 0.2) is 0 Å². The van der Waals surface area contributed by atoms with Crippen LogP contribution in [-0.2, 0) is 11.2 Å². The number of carbonyl (C=O) groups is 2. The van der Waals surface area contributed by atoms with E-state index in [1.165, 1.54) is 11.1 Å². The molecule has 1 aromatic rings. The molecule has 2 amide bonds. The standard InChI is InChI=1S/C16H20N2O3/c19-14(20)16(7-3-4-8-16)18-15(21)17-10-12-9-11-5-1-2-6-13(11)12/h1-2,5-6,12H,3-4,7-10H2,(H,19,20)(H2,17,18,21). The Labute approximate surface area is 123 Å². The van der Waals surface area contributed by atoms with Gasteiger partial charge in [-0.15, -0.1) is 0 Å². The Hall–Kier alpha value is -2.04. The summed E-state index contributed by atoms with van der Waals surface area (Å²) in [5.41, 5.74) is 1.55. The van der Waals surface area contributed by atoms with Gasteiger partial charge >= 0.3 is 12.0 Å². The van der Waals surface area contributed by atoms with Gasteiger partial charge in [0.1, 0.15) is 5.54 Å². The zero-order chi connectivity index (χ0) is 14.9. The number of fused-ring (bicyclic) bond motifs is 1. The van der Waals surface area contributed by atoms with Crippen molar-refractivity contribution in [3.63, 3.8) is 0 Å². The van der Waals surface area contributed by atoms with Crippen LogP contribution in [0.15, 0.2) is 24.3 Å². The fourth-order valence-corrected chi connectivity index (χ4v) is 3.39. The van der Waals surface area contributed by atoms with Crippen molar-refractivity contribution in [1.82, 2.24) is 10.6 Å². The number of hydrogen-bond acceptors (Lipinski definition) is 2. The monoisotopic (exact) mass is 288 g/mol. The molecule has 0 saturated heterocycles. The first-order valence-electron chi connectivity index (χ1n) is 7.48. The number of nitrogens with one attached hydrogen (secondary N) is 2. The van der Waals surface area contributed by atoms with Crippen LogP contribution in [0.5, 0.6) is 0 Å². The highest BCUT2D eigenvalue weighted by Gasteiger charge is 2.42. The third-order valence-corrected chi connectivity index (χ3v) is 4.69. The van der Waals surface area contributed by atoms with Crippen molar-refractivity contribution in [3.05, 3.63) is 35.4 Å². The molecule has 0 bridgehead atoms. The number of carboxylic acids is 1. The average molecular weight is 288 g/mol. The van der Waals surface area contributed by atoms with Crippen LogP contribution < -0.4 is 10.6 Å². The molecular formula is C16H20N2O3. The zero-order valence-corrected chi connectivity index (χ0v) is 11.9. The summed E-state index contributed by atoms with van der Waals surface area (Å²) in [6.07, 6.45) is 3.70. The summed E-state index contributed by atoms with van der Waals surface area (Å²) < 4.78 is 0. The molecule has 1 fully saturated rings. The van der Waals surface area contributed by atoms with Crippen molar-refractivity contribution in [2.45, 2.75) is 43.6 Å². The van der Waals surface area contributed by atoms with E-state index in [4.69, 9.17) is 0 Å². The number of benzene rings is 1. The lowest BCUT2D eigenvalue weighted by Gasteiger charge is -2.31. The fraction of sp³-hybridized carbons (Fsp3) is 0.500. The third-order valence-electron chi connectivity index (χ3n) is 4.69. The van der Waals surface area contributed by atoms with E-state index in [0.29, 0.717) is 25.3 Å². The molecule has 2 aliphatic rings. The van der Waals surface area contributed by atoms with E-state index < -0.39 is 11.5 Å². The van der Waals surface area contributed by atoms with Gasteiger partial charge in [-0.1, -0.05) is 37.1 Å². The van der Waals surface area contributed by atoms with Crippen molar-refractivity contribution >= 4 is 12.0 Å². The van der Waals surface area contributed by atoms with Gasteiger partial charge in [0.25, 0.3) is 0 Å². The predicted octanol–water partition coefficient (Wildman–Crippen LogP) is 2.02. The topological polar surface area (TPSA) is 78.4 Å². The summed E-state index contributed by atoms with van der Waals surface area (Å²) in [6.45, 7) is 0.554. The molecule has 1 unspecified atom stereocenters. The number of carboxylic acid groups (broad SMARTS) is 1. The van der Waals surface area contributed by atoms with Crippen LogP contribution in [0.1, 0.15) is 42.7 Å².